The molecule has 3 aliphatic heterocycles. The minimum atomic E-state index is -0.633. The van der Waals surface area contributed by atoms with Crippen LogP contribution in [0.15, 0.2) is 48.0 Å². The number of amides is 1. The van der Waals surface area contributed by atoms with E-state index in [1.54, 1.807) is 11.8 Å². The average molecular weight is 593 g/mol. The van der Waals surface area contributed by atoms with Crippen LogP contribution in [0.3, 0.4) is 0 Å². The Morgan fingerprint density at radius 2 is 1.86 bits per heavy atom. The number of hydrogen-bond donors (Lipinski definition) is 0. The molecule has 0 saturated carbocycles. The lowest BCUT2D eigenvalue weighted by atomic mass is 10.0. The molecule has 42 heavy (non-hydrogen) atoms. The van der Waals surface area contributed by atoms with Crippen LogP contribution < -0.4 is 14.5 Å². The van der Waals surface area contributed by atoms with Crippen LogP contribution in [0.25, 0.3) is 10.8 Å². The molecule has 0 aliphatic carbocycles. The lowest BCUT2D eigenvalue weighted by Gasteiger charge is -2.38. The lowest BCUT2D eigenvalue weighted by Crippen LogP contribution is -2.50. The van der Waals surface area contributed by atoms with E-state index in [-0.39, 0.29) is 5.91 Å². The number of halogens is 2. The number of nitrogens with zero attached hydrogens (tertiary/aromatic N) is 6. The van der Waals surface area contributed by atoms with Gasteiger partial charge in [0, 0.05) is 61.0 Å². The van der Waals surface area contributed by atoms with E-state index in [0.29, 0.717) is 57.0 Å². The summed E-state index contributed by atoms with van der Waals surface area (Å²) in [4.78, 5) is 31.4. The molecule has 222 valence electrons. The number of fused-ring (bicyclic) bond motifs is 2. The summed E-state index contributed by atoms with van der Waals surface area (Å²) in [5.41, 5.74) is 3.65. The number of piperazine rings is 1. The SMILES string of the molecule is C/C(=C\CF)C(=O)N1CCN(c2nc(OCC3CCCN3C)nc3c2CCN(c2cccc4cccc(Cl)c24)C3)CC1. The molecule has 3 aromatic rings. The number of aromatic nitrogens is 2. The van der Waals surface area contributed by atoms with Gasteiger partial charge in [-0.1, -0.05) is 35.9 Å². The van der Waals surface area contributed by atoms with Gasteiger partial charge in [-0.15, -0.1) is 0 Å². The molecule has 8 nitrogen and oxygen atoms in total. The van der Waals surface area contributed by atoms with Crippen molar-refractivity contribution in [3.63, 3.8) is 0 Å². The van der Waals surface area contributed by atoms with Crippen molar-refractivity contribution in [2.24, 2.45) is 0 Å². The van der Waals surface area contributed by atoms with Gasteiger partial charge in [0.2, 0.25) is 5.91 Å². The van der Waals surface area contributed by atoms with E-state index in [0.717, 1.165) is 64.5 Å². The number of rotatable bonds is 7. The maximum absolute atomic E-state index is 12.8. The number of likely N-dealkylation sites (tertiary alicyclic amines) is 1. The summed E-state index contributed by atoms with van der Waals surface area (Å²) in [6.45, 7) is 6.51. The first-order valence-corrected chi connectivity index (χ1v) is 15.2. The number of likely N-dealkylation sites (N-methyl/N-ethyl adjacent to an activating group) is 1. The van der Waals surface area contributed by atoms with Crippen molar-refractivity contribution in [2.45, 2.75) is 38.8 Å². The Hall–Kier alpha value is -3.43. The zero-order valence-electron chi connectivity index (χ0n) is 24.4. The summed E-state index contributed by atoms with van der Waals surface area (Å²) in [5, 5.41) is 2.91. The molecule has 1 unspecified atom stereocenters. The van der Waals surface area contributed by atoms with E-state index in [4.69, 9.17) is 26.3 Å². The molecule has 1 amide bonds. The molecular weight excluding hydrogens is 555 g/mol. The van der Waals surface area contributed by atoms with Gasteiger partial charge in [0.15, 0.2) is 0 Å². The number of anilines is 2. The fourth-order valence-corrected chi connectivity index (χ4v) is 6.67. The zero-order valence-corrected chi connectivity index (χ0v) is 25.1. The van der Waals surface area contributed by atoms with Crippen molar-refractivity contribution in [2.75, 3.05) is 69.4 Å². The third-order valence-electron chi connectivity index (χ3n) is 8.86. The minimum absolute atomic E-state index is 0.105. The standard InChI is InChI=1S/C32H38ClFN6O2/c1-22(11-13-34)31(41)39-18-16-38(17-19-39)30-25-12-15-40(28-10-4-7-23-6-3-9-26(33)29(23)28)20-27(25)35-32(36-30)42-21-24-8-5-14-37(24)2/h3-4,6-7,9-11,24H,5,8,12-21H2,1-2H3/b22-11+. The molecule has 1 aromatic heterocycles. The van der Waals surface area contributed by atoms with Gasteiger partial charge in [0.05, 0.1) is 17.3 Å². The highest BCUT2D eigenvalue weighted by molar-refractivity contribution is 6.36. The van der Waals surface area contributed by atoms with Crippen molar-refractivity contribution in [3.8, 4) is 6.01 Å². The van der Waals surface area contributed by atoms with Gasteiger partial charge >= 0.3 is 6.01 Å². The predicted molar refractivity (Wildman–Crippen MR) is 165 cm³/mol. The number of hydrogen-bond acceptors (Lipinski definition) is 7. The second kappa shape index (κ2) is 12.4. The zero-order chi connectivity index (χ0) is 29.2. The van der Waals surface area contributed by atoms with Gasteiger partial charge in [-0.05, 0) is 63.4 Å². The van der Waals surface area contributed by atoms with Crippen molar-refractivity contribution >= 4 is 39.8 Å². The molecule has 2 saturated heterocycles. The molecule has 0 spiro atoms. The van der Waals surface area contributed by atoms with Gasteiger partial charge in [-0.3, -0.25) is 4.79 Å². The Balaban J connectivity index is 1.28. The molecule has 2 aromatic carbocycles. The first-order valence-electron chi connectivity index (χ1n) is 14.8. The monoisotopic (exact) mass is 592 g/mol. The maximum atomic E-state index is 12.8. The summed E-state index contributed by atoms with van der Waals surface area (Å²) in [6.07, 6.45) is 4.41. The summed E-state index contributed by atoms with van der Waals surface area (Å²) >= 11 is 6.69. The molecule has 3 aliphatic rings. The van der Waals surface area contributed by atoms with Crippen molar-refractivity contribution in [3.05, 3.63) is 64.3 Å². The average Bonchev–Trinajstić information content (AvgIpc) is 3.43. The second-order valence-electron chi connectivity index (χ2n) is 11.5. The molecule has 0 bridgehead atoms. The van der Waals surface area contributed by atoms with Gasteiger partial charge in [-0.2, -0.15) is 9.97 Å². The first kappa shape index (κ1) is 28.7. The van der Waals surface area contributed by atoms with E-state index in [2.05, 4.69) is 46.0 Å². The fraction of sp³-hybridized carbons (Fsp3) is 0.469. The van der Waals surface area contributed by atoms with Gasteiger partial charge < -0.3 is 24.3 Å². The topological polar surface area (TPSA) is 65.0 Å². The molecular formula is C32H38ClFN6O2. The first-order chi connectivity index (χ1) is 20.4. The highest BCUT2D eigenvalue weighted by Crippen LogP contribution is 2.37. The number of benzene rings is 2. The molecule has 2 fully saturated rings. The van der Waals surface area contributed by atoms with Crippen molar-refractivity contribution < 1.29 is 13.9 Å². The summed E-state index contributed by atoms with van der Waals surface area (Å²) < 4.78 is 19.0. The molecule has 1 atom stereocenters. The Kier molecular flexibility index (Phi) is 8.49. The third-order valence-corrected chi connectivity index (χ3v) is 9.17. The normalized spacial score (nSPS) is 19.9. The van der Waals surface area contributed by atoms with E-state index < -0.39 is 6.67 Å². The van der Waals surface area contributed by atoms with Gasteiger partial charge in [-0.25, -0.2) is 4.39 Å². The summed E-state index contributed by atoms with van der Waals surface area (Å²) in [6, 6.07) is 13.1. The van der Waals surface area contributed by atoms with Crippen LogP contribution in [0, 0.1) is 0 Å². The van der Waals surface area contributed by atoms with Crippen molar-refractivity contribution in [1.82, 2.24) is 19.8 Å². The van der Waals surface area contributed by atoms with E-state index >= 15 is 0 Å². The summed E-state index contributed by atoms with van der Waals surface area (Å²) in [7, 11) is 2.14. The van der Waals surface area contributed by atoms with E-state index in [1.807, 2.05) is 12.1 Å². The fourth-order valence-electron chi connectivity index (χ4n) is 6.39. The number of alkyl halides is 1. The van der Waals surface area contributed by atoms with Crippen LogP contribution >= 0.6 is 11.6 Å². The largest absolute Gasteiger partial charge is 0.462 e. The van der Waals surface area contributed by atoms with Crippen molar-refractivity contribution in [1.29, 1.82) is 0 Å². The quantitative estimate of drug-likeness (QED) is 0.362. The second-order valence-corrected chi connectivity index (χ2v) is 11.9. The number of carbonyl (C=O) groups excluding carboxylic acids is 1. The van der Waals surface area contributed by atoms with E-state index in [1.165, 1.54) is 12.5 Å². The molecule has 4 heterocycles. The van der Waals surface area contributed by atoms with Gasteiger partial charge in [0.25, 0.3) is 0 Å². The van der Waals surface area contributed by atoms with Crippen LogP contribution in [0.2, 0.25) is 5.02 Å². The van der Waals surface area contributed by atoms with Crippen LogP contribution in [-0.2, 0) is 17.8 Å². The Bertz CT molecular complexity index is 1490. The molecule has 10 heteroatoms. The lowest BCUT2D eigenvalue weighted by molar-refractivity contribution is -0.127. The van der Waals surface area contributed by atoms with Crippen LogP contribution in [0.1, 0.15) is 31.0 Å². The predicted octanol–water partition coefficient (Wildman–Crippen LogP) is 4.88. The number of allylic oxidation sites excluding steroid dienone is 1. The van der Waals surface area contributed by atoms with Crippen LogP contribution in [0.5, 0.6) is 6.01 Å². The van der Waals surface area contributed by atoms with Gasteiger partial charge in [0.1, 0.15) is 19.1 Å². The third kappa shape index (κ3) is 5.77. The van der Waals surface area contributed by atoms with Crippen LogP contribution in [0.4, 0.5) is 15.9 Å². The Morgan fingerprint density at radius 3 is 2.60 bits per heavy atom. The molecule has 0 radical (unpaired) electrons. The van der Waals surface area contributed by atoms with E-state index in [9.17, 15) is 9.18 Å². The Morgan fingerprint density at radius 1 is 1.07 bits per heavy atom. The number of carbonyl (C=O) groups is 1. The summed E-state index contributed by atoms with van der Waals surface area (Å²) in [5.74, 6) is 0.791. The molecule has 0 N–H and O–H groups in total. The highest BCUT2D eigenvalue weighted by atomic mass is 35.5. The Labute approximate surface area is 251 Å². The molecule has 6 rings (SSSR count). The minimum Gasteiger partial charge on any atom is -0.462 e. The van der Waals surface area contributed by atoms with Crippen LogP contribution in [-0.4, -0.2) is 91.3 Å². The maximum Gasteiger partial charge on any atom is 0.318 e. The highest BCUT2D eigenvalue weighted by Gasteiger charge is 2.30. The number of ether oxygens (including phenoxy) is 1. The smallest absolute Gasteiger partial charge is 0.318 e.